The Hall–Kier alpha value is -3.29. The molecule has 0 saturated carbocycles. The van der Waals surface area contributed by atoms with E-state index in [1.807, 2.05) is 0 Å². The minimum absolute atomic E-state index is 0.331. The van der Waals surface area contributed by atoms with Crippen molar-refractivity contribution in [1.82, 2.24) is 0 Å². The summed E-state index contributed by atoms with van der Waals surface area (Å²) in [5, 5.41) is 8.38. The van der Waals surface area contributed by atoms with Gasteiger partial charge in [0.25, 0.3) is 0 Å². The molecule has 0 radical (unpaired) electrons. The zero-order valence-electron chi connectivity index (χ0n) is 15.3. The highest BCUT2D eigenvalue weighted by Crippen LogP contribution is 2.55. The van der Waals surface area contributed by atoms with Gasteiger partial charge in [0.05, 0.1) is 5.56 Å². The Morgan fingerprint density at radius 2 is 0.867 bits per heavy atom. The number of hydrogen-bond donors (Lipinski definition) is 1. The summed E-state index contributed by atoms with van der Waals surface area (Å²) in [6.07, 6.45) is -11.0. The van der Waals surface area contributed by atoms with Crippen molar-refractivity contribution in [3.8, 4) is 0 Å². The highest BCUT2D eigenvalue weighted by atomic mass is 19.4. The molecule has 0 heterocycles. The number of benzene rings is 3. The van der Waals surface area contributed by atoms with Crippen LogP contribution in [0.4, 0.5) is 26.3 Å². The van der Waals surface area contributed by atoms with Gasteiger partial charge in [-0.15, -0.1) is 0 Å². The molecule has 0 bridgehead atoms. The van der Waals surface area contributed by atoms with Gasteiger partial charge in [-0.3, -0.25) is 0 Å². The summed E-state index contributed by atoms with van der Waals surface area (Å²) in [7, 11) is 0. The van der Waals surface area contributed by atoms with Crippen LogP contribution in [0.15, 0.2) is 91.0 Å². The maximum Gasteiger partial charge on any atom is 0.411 e. The molecule has 0 aliphatic rings. The Morgan fingerprint density at radius 1 is 0.567 bits per heavy atom. The van der Waals surface area contributed by atoms with Crippen LogP contribution in [0.2, 0.25) is 0 Å². The maximum absolute atomic E-state index is 13.5. The van der Waals surface area contributed by atoms with Crippen molar-refractivity contribution in [2.75, 3.05) is 0 Å². The van der Waals surface area contributed by atoms with E-state index in [9.17, 15) is 31.1 Å². The third-order valence-corrected chi connectivity index (χ3v) is 4.28. The van der Waals surface area contributed by atoms with E-state index in [1.165, 1.54) is 12.1 Å². The SMILES string of the molecule is FC(F)(F)C(c1ccccc1)(c1ccccc1)C(F)(F)F.O=C(O)c1ccccc1. The molecule has 2 nitrogen and oxygen atoms in total. The molecule has 0 aliphatic heterocycles. The predicted molar refractivity (Wildman–Crippen MR) is 99.2 cm³/mol. The summed E-state index contributed by atoms with van der Waals surface area (Å²) in [5.74, 6) is -0.879. The van der Waals surface area contributed by atoms with Gasteiger partial charge in [-0.1, -0.05) is 78.9 Å². The molecule has 3 aromatic rings. The summed E-state index contributed by atoms with van der Waals surface area (Å²) in [6, 6.07) is 19.0. The first-order valence-corrected chi connectivity index (χ1v) is 8.54. The summed E-state index contributed by atoms with van der Waals surface area (Å²) in [6.45, 7) is 0. The van der Waals surface area contributed by atoms with Gasteiger partial charge in [-0.25, -0.2) is 4.79 Å². The molecule has 0 aliphatic carbocycles. The van der Waals surface area contributed by atoms with Crippen molar-refractivity contribution in [3.63, 3.8) is 0 Å². The summed E-state index contributed by atoms with van der Waals surface area (Å²) < 4.78 is 81.1. The number of alkyl halides is 6. The van der Waals surface area contributed by atoms with E-state index in [0.29, 0.717) is 5.56 Å². The summed E-state index contributed by atoms with van der Waals surface area (Å²) in [5.41, 5.74) is -5.41. The first-order valence-electron chi connectivity index (χ1n) is 8.54. The molecule has 30 heavy (non-hydrogen) atoms. The molecule has 0 amide bonds. The van der Waals surface area contributed by atoms with Crippen LogP contribution in [0.1, 0.15) is 21.5 Å². The van der Waals surface area contributed by atoms with Crippen molar-refractivity contribution >= 4 is 5.97 Å². The van der Waals surface area contributed by atoms with Gasteiger partial charge in [-0.2, -0.15) is 26.3 Å². The van der Waals surface area contributed by atoms with Gasteiger partial charge in [0, 0.05) is 0 Å². The number of halogens is 6. The third-order valence-electron chi connectivity index (χ3n) is 4.28. The molecular weight excluding hydrogens is 410 g/mol. The lowest BCUT2D eigenvalue weighted by Crippen LogP contribution is -2.54. The molecule has 0 saturated heterocycles. The third kappa shape index (κ3) is 4.64. The Balaban J connectivity index is 0.000000297. The highest BCUT2D eigenvalue weighted by molar-refractivity contribution is 5.87. The number of rotatable bonds is 3. The Morgan fingerprint density at radius 3 is 1.10 bits per heavy atom. The minimum Gasteiger partial charge on any atom is -0.478 e. The lowest BCUT2D eigenvalue weighted by Gasteiger charge is -2.38. The first-order chi connectivity index (χ1) is 14.0. The monoisotopic (exact) mass is 426 g/mol. The average Bonchev–Trinajstić information content (AvgIpc) is 2.69. The molecule has 0 unspecified atom stereocenters. The number of carboxylic acid groups (broad SMARTS) is 1. The summed E-state index contributed by atoms with van der Waals surface area (Å²) >= 11 is 0. The normalized spacial score (nSPS) is 11.9. The van der Waals surface area contributed by atoms with E-state index >= 15 is 0 Å². The topological polar surface area (TPSA) is 37.3 Å². The van der Waals surface area contributed by atoms with Gasteiger partial charge >= 0.3 is 18.3 Å². The fraction of sp³-hybridized carbons (Fsp3) is 0.136. The van der Waals surface area contributed by atoms with E-state index in [4.69, 9.17) is 5.11 Å². The lowest BCUT2D eigenvalue weighted by atomic mass is 9.73. The van der Waals surface area contributed by atoms with Crippen LogP contribution in [-0.2, 0) is 5.41 Å². The van der Waals surface area contributed by atoms with Crippen molar-refractivity contribution in [2.24, 2.45) is 0 Å². The standard InChI is InChI=1S/C15H10F6.C7H6O2/c16-14(17,18)13(15(19,20)21,11-7-3-1-4-8-11)12-9-5-2-6-10-12;8-7(9)6-4-2-1-3-5-6/h1-10H;1-5H,(H,8,9). The average molecular weight is 426 g/mol. The van der Waals surface area contributed by atoms with Crippen LogP contribution in [0.25, 0.3) is 0 Å². The van der Waals surface area contributed by atoms with Crippen LogP contribution in [0.5, 0.6) is 0 Å². The van der Waals surface area contributed by atoms with Crippen LogP contribution in [0.3, 0.4) is 0 Å². The molecule has 3 rings (SSSR count). The Kier molecular flexibility index (Phi) is 6.92. The summed E-state index contributed by atoms with van der Waals surface area (Å²) in [4.78, 5) is 10.2. The van der Waals surface area contributed by atoms with Gasteiger partial charge in [0.15, 0.2) is 0 Å². The van der Waals surface area contributed by atoms with E-state index in [-0.39, 0.29) is 0 Å². The van der Waals surface area contributed by atoms with Crippen molar-refractivity contribution in [3.05, 3.63) is 108 Å². The van der Waals surface area contributed by atoms with Crippen LogP contribution >= 0.6 is 0 Å². The van der Waals surface area contributed by atoms with Crippen molar-refractivity contribution in [1.29, 1.82) is 0 Å². The van der Waals surface area contributed by atoms with Gasteiger partial charge < -0.3 is 5.11 Å². The van der Waals surface area contributed by atoms with E-state index in [1.54, 1.807) is 30.3 Å². The molecule has 0 aromatic heterocycles. The zero-order chi connectivity index (χ0) is 22.4. The quantitative estimate of drug-likeness (QED) is 0.487. The Labute approximate surface area is 168 Å². The lowest BCUT2D eigenvalue weighted by molar-refractivity contribution is -0.288. The molecule has 0 fully saturated rings. The predicted octanol–water partition coefficient (Wildman–Crippen LogP) is 6.48. The first kappa shape index (κ1) is 23.0. The van der Waals surface area contributed by atoms with E-state index in [0.717, 1.165) is 48.5 Å². The second kappa shape index (κ2) is 9.02. The second-order valence-electron chi connectivity index (χ2n) is 6.15. The molecule has 1 N–H and O–H groups in total. The molecule has 158 valence electrons. The zero-order valence-corrected chi connectivity index (χ0v) is 15.3. The number of carboxylic acids is 1. The molecule has 0 spiro atoms. The molecule has 0 atom stereocenters. The highest BCUT2D eigenvalue weighted by Gasteiger charge is 2.72. The van der Waals surface area contributed by atoms with Gasteiger partial charge in [0.1, 0.15) is 0 Å². The minimum atomic E-state index is -5.52. The molecule has 8 heteroatoms. The number of hydrogen-bond acceptors (Lipinski definition) is 1. The van der Waals surface area contributed by atoms with Crippen LogP contribution in [0, 0.1) is 0 Å². The number of aromatic carboxylic acids is 1. The van der Waals surface area contributed by atoms with Gasteiger partial charge in [0.2, 0.25) is 5.41 Å². The van der Waals surface area contributed by atoms with Crippen LogP contribution in [-0.4, -0.2) is 23.4 Å². The fourth-order valence-electron chi connectivity index (χ4n) is 2.94. The largest absolute Gasteiger partial charge is 0.478 e. The fourth-order valence-corrected chi connectivity index (χ4v) is 2.94. The van der Waals surface area contributed by atoms with E-state index < -0.39 is 34.9 Å². The van der Waals surface area contributed by atoms with Gasteiger partial charge in [-0.05, 0) is 23.3 Å². The van der Waals surface area contributed by atoms with E-state index in [2.05, 4.69) is 0 Å². The van der Waals surface area contributed by atoms with Crippen molar-refractivity contribution < 1.29 is 36.2 Å². The second-order valence-corrected chi connectivity index (χ2v) is 6.15. The van der Waals surface area contributed by atoms with Crippen molar-refractivity contribution in [2.45, 2.75) is 17.8 Å². The maximum atomic E-state index is 13.5. The Bertz CT molecular complexity index is 881. The molecular formula is C22H16F6O2. The number of carbonyl (C=O) groups is 1. The smallest absolute Gasteiger partial charge is 0.411 e. The molecule has 3 aromatic carbocycles. The van der Waals surface area contributed by atoms with Crippen LogP contribution < -0.4 is 0 Å².